The van der Waals surface area contributed by atoms with Crippen LogP contribution in [0.3, 0.4) is 0 Å². The molecule has 4 heterocycles. The van der Waals surface area contributed by atoms with Crippen molar-refractivity contribution in [1.29, 1.82) is 0 Å². The van der Waals surface area contributed by atoms with Crippen molar-refractivity contribution in [2.24, 2.45) is 11.8 Å². The molecule has 0 bridgehead atoms. The van der Waals surface area contributed by atoms with Crippen LogP contribution in [0.15, 0.2) is 17.2 Å². The number of hydrogen-bond donors (Lipinski definition) is 1. The summed E-state index contributed by atoms with van der Waals surface area (Å²) < 4.78 is 13.5. The van der Waals surface area contributed by atoms with Crippen LogP contribution in [0.1, 0.15) is 18.2 Å². The smallest absolute Gasteiger partial charge is 0.288 e. The molecule has 2 aromatic heterocycles. The molecule has 2 aliphatic rings. The van der Waals surface area contributed by atoms with E-state index in [9.17, 15) is 9.18 Å². The Balaban J connectivity index is 1.46. The molecule has 4 rings (SSSR count). The highest BCUT2D eigenvalue weighted by atomic mass is 19.1. The van der Waals surface area contributed by atoms with Crippen LogP contribution in [0.25, 0.3) is 0 Å². The topological polar surface area (TPSA) is 78.0 Å². The van der Waals surface area contributed by atoms with Gasteiger partial charge in [-0.05, 0) is 18.9 Å². The third-order valence-corrected chi connectivity index (χ3v) is 5.18. The summed E-state index contributed by atoms with van der Waals surface area (Å²) in [7, 11) is 0. The molecule has 0 spiro atoms. The normalized spacial score (nSPS) is 22.5. The zero-order valence-corrected chi connectivity index (χ0v) is 14.4. The molecule has 132 valence electrons. The van der Waals surface area contributed by atoms with E-state index >= 15 is 0 Å². The van der Waals surface area contributed by atoms with Crippen molar-refractivity contribution in [3.8, 4) is 0 Å². The Morgan fingerprint density at radius 3 is 2.32 bits per heavy atom. The van der Waals surface area contributed by atoms with E-state index < -0.39 is 11.4 Å². The Kier molecular flexibility index (Phi) is 3.89. The standard InChI is InChI=1S/C17H21FN6O/c1-3-11-4-19-16(20-5-11)23-6-12-8-24(9-13(12)7-23)17-21-10(2)14(18)15(25)22-17/h4-5,12-13H,3,6-9H2,1-2H3,(H,21,22,25). The van der Waals surface area contributed by atoms with Crippen molar-refractivity contribution in [2.75, 3.05) is 36.0 Å². The lowest BCUT2D eigenvalue weighted by Gasteiger charge is -2.22. The van der Waals surface area contributed by atoms with Gasteiger partial charge in [0.2, 0.25) is 17.7 Å². The molecule has 25 heavy (non-hydrogen) atoms. The molecule has 2 unspecified atom stereocenters. The second kappa shape index (κ2) is 6.09. The Bertz CT molecular complexity index is 822. The minimum absolute atomic E-state index is 0.141. The van der Waals surface area contributed by atoms with Crippen molar-refractivity contribution in [1.82, 2.24) is 19.9 Å². The number of aromatic amines is 1. The lowest BCUT2D eigenvalue weighted by Crippen LogP contribution is -2.32. The van der Waals surface area contributed by atoms with Gasteiger partial charge in [0.25, 0.3) is 5.56 Å². The van der Waals surface area contributed by atoms with Gasteiger partial charge in [-0.3, -0.25) is 9.78 Å². The summed E-state index contributed by atoms with van der Waals surface area (Å²) in [5.41, 5.74) is 0.573. The first-order valence-corrected chi connectivity index (χ1v) is 8.62. The Labute approximate surface area is 144 Å². The molecule has 2 saturated heterocycles. The molecule has 0 radical (unpaired) electrons. The second-order valence-corrected chi connectivity index (χ2v) is 6.86. The number of fused-ring (bicyclic) bond motifs is 1. The second-order valence-electron chi connectivity index (χ2n) is 6.86. The zero-order chi connectivity index (χ0) is 17.6. The van der Waals surface area contributed by atoms with Gasteiger partial charge >= 0.3 is 0 Å². The van der Waals surface area contributed by atoms with Gasteiger partial charge in [-0.2, -0.15) is 4.39 Å². The first-order valence-electron chi connectivity index (χ1n) is 8.62. The van der Waals surface area contributed by atoms with Crippen LogP contribution in [0, 0.1) is 24.6 Å². The molecule has 2 fully saturated rings. The van der Waals surface area contributed by atoms with Gasteiger partial charge in [0.1, 0.15) is 0 Å². The predicted molar refractivity (Wildman–Crippen MR) is 92.4 cm³/mol. The number of halogens is 1. The maximum absolute atomic E-state index is 13.5. The van der Waals surface area contributed by atoms with Crippen LogP contribution in [0.5, 0.6) is 0 Å². The third-order valence-electron chi connectivity index (χ3n) is 5.18. The molecule has 2 atom stereocenters. The lowest BCUT2D eigenvalue weighted by molar-refractivity contribution is 0.533. The SMILES string of the molecule is CCc1cnc(N2CC3CN(c4nc(C)c(F)c(=O)[nH]4)CC3C2)nc1. The van der Waals surface area contributed by atoms with Crippen LogP contribution in [0.4, 0.5) is 16.3 Å². The monoisotopic (exact) mass is 344 g/mol. The molecule has 0 aliphatic carbocycles. The largest absolute Gasteiger partial charge is 0.342 e. The molecule has 0 aromatic carbocycles. The number of aromatic nitrogens is 4. The zero-order valence-electron chi connectivity index (χ0n) is 14.4. The summed E-state index contributed by atoms with van der Waals surface area (Å²) in [4.78, 5) is 31.6. The summed E-state index contributed by atoms with van der Waals surface area (Å²) in [6.45, 7) is 6.96. The van der Waals surface area contributed by atoms with Gasteiger partial charge in [0.15, 0.2) is 0 Å². The summed E-state index contributed by atoms with van der Waals surface area (Å²) >= 11 is 0. The Morgan fingerprint density at radius 1 is 1.16 bits per heavy atom. The van der Waals surface area contributed by atoms with Gasteiger partial charge in [-0.1, -0.05) is 6.92 Å². The highest BCUT2D eigenvalue weighted by Gasteiger charge is 2.41. The van der Waals surface area contributed by atoms with Gasteiger partial charge < -0.3 is 9.80 Å². The molecular formula is C17H21FN6O. The number of nitrogens with zero attached hydrogens (tertiary/aromatic N) is 5. The number of nitrogens with one attached hydrogen (secondary N) is 1. The highest BCUT2D eigenvalue weighted by molar-refractivity contribution is 5.38. The van der Waals surface area contributed by atoms with E-state index in [-0.39, 0.29) is 5.69 Å². The van der Waals surface area contributed by atoms with Crippen LogP contribution in [0.2, 0.25) is 0 Å². The number of anilines is 2. The van der Waals surface area contributed by atoms with Crippen molar-refractivity contribution in [2.45, 2.75) is 20.3 Å². The number of hydrogen-bond acceptors (Lipinski definition) is 6. The van der Waals surface area contributed by atoms with Gasteiger partial charge in [0.05, 0.1) is 5.69 Å². The number of aryl methyl sites for hydroxylation is 2. The number of H-pyrrole nitrogens is 1. The van der Waals surface area contributed by atoms with E-state index in [4.69, 9.17) is 0 Å². The van der Waals surface area contributed by atoms with Crippen LogP contribution in [-0.4, -0.2) is 46.1 Å². The third kappa shape index (κ3) is 2.85. The van der Waals surface area contributed by atoms with Crippen molar-refractivity contribution >= 4 is 11.9 Å². The van der Waals surface area contributed by atoms with E-state index in [0.717, 1.165) is 44.1 Å². The quantitative estimate of drug-likeness (QED) is 0.900. The minimum Gasteiger partial charge on any atom is -0.342 e. The van der Waals surface area contributed by atoms with E-state index in [1.807, 2.05) is 17.3 Å². The maximum Gasteiger partial charge on any atom is 0.288 e. The fourth-order valence-electron chi connectivity index (χ4n) is 3.73. The Hall–Kier alpha value is -2.51. The average Bonchev–Trinajstić information content (AvgIpc) is 3.18. The molecule has 0 saturated carbocycles. The number of rotatable bonds is 3. The van der Waals surface area contributed by atoms with Crippen molar-refractivity contribution in [3.05, 3.63) is 39.8 Å². The van der Waals surface area contributed by atoms with Crippen molar-refractivity contribution < 1.29 is 4.39 Å². The van der Waals surface area contributed by atoms with Crippen molar-refractivity contribution in [3.63, 3.8) is 0 Å². The molecular weight excluding hydrogens is 323 g/mol. The van der Waals surface area contributed by atoms with Gasteiger partial charge in [-0.15, -0.1) is 0 Å². The molecule has 1 N–H and O–H groups in total. The predicted octanol–water partition coefficient (Wildman–Crippen LogP) is 1.14. The highest BCUT2D eigenvalue weighted by Crippen LogP contribution is 2.33. The summed E-state index contributed by atoms with van der Waals surface area (Å²) in [6.07, 6.45) is 4.71. The van der Waals surface area contributed by atoms with E-state index in [0.29, 0.717) is 17.8 Å². The maximum atomic E-state index is 13.5. The molecule has 7 nitrogen and oxygen atoms in total. The molecule has 0 amide bonds. The summed E-state index contributed by atoms with van der Waals surface area (Å²) in [6, 6.07) is 0. The minimum atomic E-state index is -0.804. The van der Waals surface area contributed by atoms with Gasteiger partial charge in [0, 0.05) is 50.4 Å². The Morgan fingerprint density at radius 2 is 1.76 bits per heavy atom. The summed E-state index contributed by atoms with van der Waals surface area (Å²) in [5, 5.41) is 0. The van der Waals surface area contributed by atoms with Gasteiger partial charge in [-0.25, -0.2) is 15.0 Å². The average molecular weight is 344 g/mol. The van der Waals surface area contributed by atoms with E-state index in [2.05, 4.69) is 31.8 Å². The van der Waals surface area contributed by atoms with Crippen LogP contribution in [-0.2, 0) is 6.42 Å². The lowest BCUT2D eigenvalue weighted by atomic mass is 10.0. The van der Waals surface area contributed by atoms with E-state index in [1.165, 1.54) is 6.92 Å². The van der Waals surface area contributed by atoms with E-state index in [1.54, 1.807) is 0 Å². The first-order chi connectivity index (χ1) is 12.0. The molecule has 2 aliphatic heterocycles. The fraction of sp³-hybridized carbons (Fsp3) is 0.529. The fourth-order valence-corrected chi connectivity index (χ4v) is 3.73. The first kappa shape index (κ1) is 16.0. The van der Waals surface area contributed by atoms with Crippen LogP contribution < -0.4 is 15.4 Å². The summed E-state index contributed by atoms with van der Waals surface area (Å²) in [5.74, 6) is 1.37. The molecule has 8 heteroatoms. The molecule has 2 aromatic rings. The van der Waals surface area contributed by atoms with Crippen LogP contribution >= 0.6 is 0 Å².